The molecule has 0 aromatic heterocycles. The lowest BCUT2D eigenvalue weighted by Gasteiger charge is -2.28. The Balaban J connectivity index is 1.81. The van der Waals surface area contributed by atoms with Crippen LogP contribution in [0, 0.1) is 0 Å². The maximum absolute atomic E-state index is 12.9. The fraction of sp³-hybridized carbons (Fsp3) is 0.211. The summed E-state index contributed by atoms with van der Waals surface area (Å²) >= 11 is 4.35. The molecule has 3 rings (SSSR count). The molecule has 0 saturated carbocycles. The summed E-state index contributed by atoms with van der Waals surface area (Å²) in [5.41, 5.74) is -0.221. The van der Waals surface area contributed by atoms with Crippen molar-refractivity contribution >= 4 is 56.0 Å². The van der Waals surface area contributed by atoms with E-state index < -0.39 is 17.0 Å². The molecule has 2 aromatic carbocycles. The third kappa shape index (κ3) is 5.39. The Bertz CT molecular complexity index is 981. The second kappa shape index (κ2) is 8.58. The SMILES string of the molecule is CN1C(=O)CC(C(=O)Nc2cccc(Br)c2)SC1=Nc1cccc(C(F)(F)F)c1. The highest BCUT2D eigenvalue weighted by Gasteiger charge is 2.34. The summed E-state index contributed by atoms with van der Waals surface area (Å²) in [5.74, 6) is -0.727. The Morgan fingerprint density at radius 1 is 1.24 bits per heavy atom. The fourth-order valence-electron chi connectivity index (χ4n) is 2.55. The van der Waals surface area contributed by atoms with E-state index in [9.17, 15) is 22.8 Å². The van der Waals surface area contributed by atoms with Gasteiger partial charge in [0.2, 0.25) is 11.8 Å². The fourth-order valence-corrected chi connectivity index (χ4v) is 4.01. The van der Waals surface area contributed by atoms with Crippen LogP contribution in [0.5, 0.6) is 0 Å². The number of amides is 2. The number of thioether (sulfide) groups is 1. The number of hydrogen-bond donors (Lipinski definition) is 1. The lowest BCUT2D eigenvalue weighted by Crippen LogP contribution is -2.43. The van der Waals surface area contributed by atoms with Gasteiger partial charge in [0.25, 0.3) is 0 Å². The number of nitrogens with one attached hydrogen (secondary N) is 1. The van der Waals surface area contributed by atoms with E-state index in [0.29, 0.717) is 5.69 Å². The molecule has 0 spiro atoms. The first kappa shape index (κ1) is 21.4. The largest absolute Gasteiger partial charge is 0.416 e. The van der Waals surface area contributed by atoms with Crippen molar-refractivity contribution in [1.82, 2.24) is 4.90 Å². The van der Waals surface area contributed by atoms with Crippen molar-refractivity contribution in [3.8, 4) is 0 Å². The molecule has 1 heterocycles. The van der Waals surface area contributed by atoms with Crippen LogP contribution in [0.15, 0.2) is 58.0 Å². The Morgan fingerprint density at radius 3 is 2.66 bits per heavy atom. The second-order valence-corrected chi connectivity index (χ2v) is 8.29. The molecule has 2 amide bonds. The van der Waals surface area contributed by atoms with E-state index in [1.807, 2.05) is 6.07 Å². The average Bonchev–Trinajstić information content (AvgIpc) is 2.65. The van der Waals surface area contributed by atoms with Gasteiger partial charge in [-0.3, -0.25) is 14.5 Å². The molecule has 2 aromatic rings. The van der Waals surface area contributed by atoms with Gasteiger partial charge >= 0.3 is 6.18 Å². The van der Waals surface area contributed by atoms with Gasteiger partial charge in [-0.05, 0) is 36.4 Å². The van der Waals surface area contributed by atoms with Gasteiger partial charge in [0.05, 0.1) is 11.3 Å². The molecule has 1 N–H and O–H groups in total. The monoisotopic (exact) mass is 485 g/mol. The zero-order valence-electron chi connectivity index (χ0n) is 15.0. The van der Waals surface area contributed by atoms with E-state index in [4.69, 9.17) is 0 Å². The normalized spacial score (nSPS) is 18.8. The highest BCUT2D eigenvalue weighted by Crippen LogP contribution is 2.33. The molecule has 1 aliphatic heterocycles. The number of alkyl halides is 3. The summed E-state index contributed by atoms with van der Waals surface area (Å²) in [6.45, 7) is 0. The number of amidine groups is 1. The van der Waals surface area contributed by atoms with Gasteiger partial charge in [-0.2, -0.15) is 13.2 Å². The van der Waals surface area contributed by atoms with Crippen molar-refractivity contribution in [3.63, 3.8) is 0 Å². The van der Waals surface area contributed by atoms with Crippen LogP contribution in [0.4, 0.5) is 24.5 Å². The minimum absolute atomic E-state index is 0.0391. The number of nitrogens with zero attached hydrogens (tertiary/aromatic N) is 2. The van der Waals surface area contributed by atoms with Gasteiger partial charge in [0.15, 0.2) is 5.17 Å². The maximum atomic E-state index is 12.9. The zero-order chi connectivity index (χ0) is 21.2. The summed E-state index contributed by atoms with van der Waals surface area (Å²) in [6, 6.07) is 11.5. The minimum Gasteiger partial charge on any atom is -0.325 e. The first-order valence-electron chi connectivity index (χ1n) is 8.39. The summed E-state index contributed by atoms with van der Waals surface area (Å²) in [5, 5.41) is 2.15. The number of aliphatic imine (C=N–C) groups is 1. The van der Waals surface area contributed by atoms with Gasteiger partial charge in [0.1, 0.15) is 5.25 Å². The van der Waals surface area contributed by atoms with E-state index in [-0.39, 0.29) is 29.1 Å². The Labute approximate surface area is 177 Å². The van der Waals surface area contributed by atoms with Gasteiger partial charge < -0.3 is 5.32 Å². The van der Waals surface area contributed by atoms with E-state index in [1.165, 1.54) is 24.1 Å². The highest BCUT2D eigenvalue weighted by molar-refractivity contribution is 9.10. The maximum Gasteiger partial charge on any atom is 0.416 e. The summed E-state index contributed by atoms with van der Waals surface area (Å²) in [4.78, 5) is 30.3. The van der Waals surface area contributed by atoms with E-state index in [2.05, 4.69) is 26.2 Å². The van der Waals surface area contributed by atoms with Crippen LogP contribution in [-0.4, -0.2) is 34.2 Å². The molecule has 1 unspecified atom stereocenters. The standard InChI is InChI=1S/C19H15BrF3N3O2S/c1-26-16(27)10-15(17(28)24-14-7-3-5-12(20)9-14)29-18(26)25-13-6-2-4-11(8-13)19(21,22)23/h2-9,15H,10H2,1H3,(H,24,28). The lowest BCUT2D eigenvalue weighted by molar-refractivity contribution is -0.137. The van der Waals surface area contributed by atoms with Crippen LogP contribution in [0.25, 0.3) is 0 Å². The molecule has 5 nitrogen and oxygen atoms in total. The molecule has 1 saturated heterocycles. The third-order valence-corrected chi connectivity index (χ3v) is 5.79. The number of anilines is 1. The van der Waals surface area contributed by atoms with Gasteiger partial charge in [-0.25, -0.2) is 4.99 Å². The average molecular weight is 486 g/mol. The molecule has 29 heavy (non-hydrogen) atoms. The molecular formula is C19H15BrF3N3O2S. The number of carbonyl (C=O) groups excluding carboxylic acids is 2. The van der Waals surface area contributed by atoms with Crippen molar-refractivity contribution in [2.24, 2.45) is 4.99 Å². The first-order chi connectivity index (χ1) is 13.6. The summed E-state index contributed by atoms with van der Waals surface area (Å²) in [6.07, 6.45) is -4.54. The Morgan fingerprint density at radius 2 is 1.97 bits per heavy atom. The zero-order valence-corrected chi connectivity index (χ0v) is 17.4. The van der Waals surface area contributed by atoms with E-state index >= 15 is 0 Å². The number of carbonyl (C=O) groups is 2. The van der Waals surface area contributed by atoms with Gasteiger partial charge in [-0.1, -0.05) is 39.8 Å². The Hall–Kier alpha value is -2.33. The predicted octanol–water partition coefficient (Wildman–Crippen LogP) is 5.06. The highest BCUT2D eigenvalue weighted by atomic mass is 79.9. The van der Waals surface area contributed by atoms with Gasteiger partial charge in [-0.15, -0.1) is 0 Å². The first-order valence-corrected chi connectivity index (χ1v) is 10.1. The van der Waals surface area contributed by atoms with Crippen molar-refractivity contribution in [3.05, 3.63) is 58.6 Å². The molecule has 0 radical (unpaired) electrons. The van der Waals surface area contributed by atoms with Crippen molar-refractivity contribution in [2.45, 2.75) is 17.8 Å². The van der Waals surface area contributed by atoms with E-state index in [1.54, 1.807) is 18.2 Å². The van der Waals surface area contributed by atoms with Crippen molar-refractivity contribution in [2.75, 3.05) is 12.4 Å². The van der Waals surface area contributed by atoms with Crippen LogP contribution < -0.4 is 5.32 Å². The minimum atomic E-state index is -4.50. The molecule has 10 heteroatoms. The molecule has 0 aliphatic carbocycles. The number of benzene rings is 2. The van der Waals surface area contributed by atoms with Crippen LogP contribution in [0.3, 0.4) is 0 Å². The third-order valence-electron chi connectivity index (χ3n) is 4.05. The second-order valence-electron chi connectivity index (χ2n) is 6.21. The van der Waals surface area contributed by atoms with Crippen LogP contribution in [0.1, 0.15) is 12.0 Å². The lowest BCUT2D eigenvalue weighted by atomic mass is 10.2. The summed E-state index contributed by atoms with van der Waals surface area (Å²) < 4.78 is 39.5. The van der Waals surface area contributed by atoms with Gasteiger partial charge in [0, 0.05) is 23.6 Å². The van der Waals surface area contributed by atoms with Crippen LogP contribution >= 0.6 is 27.7 Å². The quantitative estimate of drug-likeness (QED) is 0.660. The molecule has 152 valence electrons. The molecule has 1 aliphatic rings. The smallest absolute Gasteiger partial charge is 0.325 e. The van der Waals surface area contributed by atoms with Crippen molar-refractivity contribution in [1.29, 1.82) is 0 Å². The number of rotatable bonds is 3. The number of hydrogen-bond acceptors (Lipinski definition) is 4. The van der Waals surface area contributed by atoms with Crippen LogP contribution in [-0.2, 0) is 15.8 Å². The van der Waals surface area contributed by atoms with E-state index in [0.717, 1.165) is 28.4 Å². The molecule has 1 atom stereocenters. The molecule has 1 fully saturated rings. The number of halogens is 4. The molecular weight excluding hydrogens is 471 g/mol. The predicted molar refractivity (Wildman–Crippen MR) is 110 cm³/mol. The van der Waals surface area contributed by atoms with Crippen LogP contribution in [0.2, 0.25) is 0 Å². The summed E-state index contributed by atoms with van der Waals surface area (Å²) in [7, 11) is 1.48. The molecule has 0 bridgehead atoms. The van der Waals surface area contributed by atoms with Crippen molar-refractivity contribution < 1.29 is 22.8 Å². The Kier molecular flexibility index (Phi) is 6.33. The topological polar surface area (TPSA) is 61.8 Å².